The summed E-state index contributed by atoms with van der Waals surface area (Å²) in [7, 11) is 0. The number of pyridine rings is 1. The monoisotopic (exact) mass is 369 g/mol. The molecule has 0 bridgehead atoms. The van der Waals surface area contributed by atoms with Gasteiger partial charge in [0.05, 0.1) is 0 Å². The fourth-order valence-corrected chi connectivity index (χ4v) is 2.95. The predicted octanol–water partition coefficient (Wildman–Crippen LogP) is 3.81. The molecule has 2 aromatic carbocycles. The van der Waals surface area contributed by atoms with Crippen molar-refractivity contribution >= 4 is 33.9 Å². The van der Waals surface area contributed by atoms with Gasteiger partial charge in [0, 0.05) is 23.3 Å². The van der Waals surface area contributed by atoms with Gasteiger partial charge < -0.3 is 15.6 Å². The molecule has 0 aliphatic carbocycles. The third-order valence-electron chi connectivity index (χ3n) is 4.32. The zero-order valence-electron chi connectivity index (χ0n) is 14.7. The molecule has 1 heterocycles. The first-order chi connectivity index (χ1) is 12.4. The minimum absolute atomic E-state index is 0.0834. The molecule has 3 N–H and O–H groups in total. The van der Waals surface area contributed by atoms with Gasteiger partial charge in [-0.15, -0.1) is 0 Å². The molecule has 0 saturated carbocycles. The average molecular weight is 369 g/mol. The van der Waals surface area contributed by atoms with Crippen LogP contribution in [0.3, 0.4) is 0 Å². The minimum atomic E-state index is -0.296. The number of rotatable bonds is 4. The van der Waals surface area contributed by atoms with Crippen LogP contribution in [-0.2, 0) is 6.42 Å². The zero-order valence-corrected chi connectivity index (χ0v) is 15.5. The summed E-state index contributed by atoms with van der Waals surface area (Å²) in [6.07, 6.45) is 0.545. The van der Waals surface area contributed by atoms with E-state index in [0.29, 0.717) is 29.3 Å². The summed E-state index contributed by atoms with van der Waals surface area (Å²) < 4.78 is 12.9. The third kappa shape index (κ3) is 4.26. The minimum Gasteiger partial charge on any atom is -0.362 e. The molecule has 0 radical (unpaired) electrons. The Morgan fingerprint density at radius 2 is 1.81 bits per heavy atom. The highest BCUT2D eigenvalue weighted by atomic mass is 32.1. The molecule has 0 unspecified atom stereocenters. The van der Waals surface area contributed by atoms with Crippen LogP contribution < -0.4 is 16.2 Å². The lowest BCUT2D eigenvalue weighted by atomic mass is 10.0. The Morgan fingerprint density at radius 3 is 2.54 bits per heavy atom. The van der Waals surface area contributed by atoms with Crippen molar-refractivity contribution in [3.63, 3.8) is 0 Å². The number of aromatic nitrogens is 1. The number of fused-ring (bicyclic) bond motifs is 1. The molecule has 3 rings (SSSR count). The topological polar surface area (TPSA) is 56.9 Å². The first kappa shape index (κ1) is 18.1. The highest BCUT2D eigenvalue weighted by molar-refractivity contribution is 7.80. The van der Waals surface area contributed by atoms with Crippen molar-refractivity contribution in [3.8, 4) is 0 Å². The van der Waals surface area contributed by atoms with E-state index in [2.05, 4.69) is 28.6 Å². The van der Waals surface area contributed by atoms with E-state index in [1.165, 1.54) is 17.7 Å². The van der Waals surface area contributed by atoms with E-state index in [0.717, 1.165) is 16.5 Å². The fourth-order valence-electron chi connectivity index (χ4n) is 2.73. The number of thiocarbonyl (C=S) groups is 1. The quantitative estimate of drug-likeness (QED) is 0.612. The van der Waals surface area contributed by atoms with Crippen LogP contribution in [0, 0.1) is 19.7 Å². The van der Waals surface area contributed by atoms with E-state index in [-0.39, 0.29) is 11.4 Å². The van der Waals surface area contributed by atoms with Crippen LogP contribution >= 0.6 is 12.2 Å². The largest absolute Gasteiger partial charge is 0.362 e. The van der Waals surface area contributed by atoms with E-state index in [4.69, 9.17) is 12.2 Å². The Kier molecular flexibility index (Phi) is 5.32. The number of halogens is 1. The van der Waals surface area contributed by atoms with Crippen LogP contribution in [0.25, 0.3) is 10.9 Å². The fraction of sp³-hybridized carbons (Fsp3) is 0.200. The van der Waals surface area contributed by atoms with Crippen LogP contribution in [0.2, 0.25) is 0 Å². The number of hydrogen-bond acceptors (Lipinski definition) is 2. The molecule has 3 aromatic rings. The smallest absolute Gasteiger partial charge is 0.251 e. The van der Waals surface area contributed by atoms with Gasteiger partial charge in [-0.3, -0.25) is 4.79 Å². The summed E-state index contributed by atoms with van der Waals surface area (Å²) in [5.41, 5.74) is 4.53. The lowest BCUT2D eigenvalue weighted by Gasteiger charge is -2.11. The maximum atomic E-state index is 12.9. The lowest BCUT2D eigenvalue weighted by Crippen LogP contribution is -2.31. The van der Waals surface area contributed by atoms with Gasteiger partial charge in [-0.2, -0.15) is 0 Å². The molecular formula is C20H20FN3OS. The van der Waals surface area contributed by atoms with Crippen molar-refractivity contribution in [3.05, 3.63) is 75.3 Å². The molecule has 0 atom stereocenters. The number of H-pyrrole nitrogens is 1. The Labute approximate surface area is 156 Å². The van der Waals surface area contributed by atoms with Gasteiger partial charge in [0.1, 0.15) is 5.82 Å². The second-order valence-electron chi connectivity index (χ2n) is 6.29. The van der Waals surface area contributed by atoms with Gasteiger partial charge in [0.15, 0.2) is 5.11 Å². The Hall–Kier alpha value is -2.73. The molecule has 6 heteroatoms. The van der Waals surface area contributed by atoms with Gasteiger partial charge >= 0.3 is 0 Å². The molecule has 0 fully saturated rings. The van der Waals surface area contributed by atoms with E-state index in [9.17, 15) is 9.18 Å². The van der Waals surface area contributed by atoms with Crippen LogP contribution in [0.15, 0.2) is 47.3 Å². The molecule has 134 valence electrons. The number of hydrogen-bond donors (Lipinski definition) is 3. The standard InChI is InChI=1S/C20H20FN3OS/c1-12-9-15-11-14(19(25)24-18(15)10-13(12)2)7-8-22-20(26)23-17-5-3-16(21)4-6-17/h3-6,9-11H,7-8H2,1-2H3,(H,24,25)(H2,22,23,26). The lowest BCUT2D eigenvalue weighted by molar-refractivity contribution is 0.628. The number of anilines is 1. The van der Waals surface area contributed by atoms with Crippen LogP contribution in [0.5, 0.6) is 0 Å². The molecule has 0 aliphatic rings. The zero-order chi connectivity index (χ0) is 18.7. The average Bonchev–Trinajstić information content (AvgIpc) is 2.59. The summed E-state index contributed by atoms with van der Waals surface area (Å²) >= 11 is 5.22. The van der Waals surface area contributed by atoms with Gasteiger partial charge in [-0.25, -0.2) is 4.39 Å². The van der Waals surface area contributed by atoms with Crippen molar-refractivity contribution in [1.82, 2.24) is 10.3 Å². The molecular weight excluding hydrogens is 349 g/mol. The molecule has 0 saturated heterocycles. The summed E-state index contributed by atoms with van der Waals surface area (Å²) in [6, 6.07) is 12.0. The first-order valence-electron chi connectivity index (χ1n) is 8.36. The van der Waals surface area contributed by atoms with Gasteiger partial charge in [-0.05, 0) is 91.5 Å². The molecule has 0 spiro atoms. The van der Waals surface area contributed by atoms with Gasteiger partial charge in [-0.1, -0.05) is 0 Å². The third-order valence-corrected chi connectivity index (χ3v) is 4.56. The van der Waals surface area contributed by atoms with E-state index in [1.807, 2.05) is 19.1 Å². The Bertz CT molecular complexity index is 1010. The molecule has 0 aliphatic heterocycles. The summed E-state index contributed by atoms with van der Waals surface area (Å²) in [5, 5.41) is 7.50. The van der Waals surface area contributed by atoms with E-state index in [1.54, 1.807) is 12.1 Å². The first-order valence-corrected chi connectivity index (χ1v) is 8.77. The number of aromatic amines is 1. The number of benzene rings is 2. The molecule has 0 amide bonds. The molecule has 26 heavy (non-hydrogen) atoms. The van der Waals surface area contributed by atoms with Gasteiger partial charge in [0.2, 0.25) is 0 Å². The van der Waals surface area contributed by atoms with Crippen molar-refractivity contribution in [1.29, 1.82) is 0 Å². The van der Waals surface area contributed by atoms with Crippen molar-refractivity contribution in [2.45, 2.75) is 20.3 Å². The van der Waals surface area contributed by atoms with Crippen molar-refractivity contribution < 1.29 is 4.39 Å². The SMILES string of the molecule is Cc1cc2cc(CCNC(=S)Nc3ccc(F)cc3)c(=O)[nH]c2cc1C. The maximum Gasteiger partial charge on any atom is 0.251 e. The summed E-state index contributed by atoms with van der Waals surface area (Å²) in [4.78, 5) is 15.2. The Balaban J connectivity index is 1.63. The number of aryl methyl sites for hydroxylation is 2. The van der Waals surface area contributed by atoms with Crippen molar-refractivity contribution in [2.24, 2.45) is 0 Å². The molecule has 4 nitrogen and oxygen atoms in total. The maximum absolute atomic E-state index is 12.9. The molecule has 1 aromatic heterocycles. The van der Waals surface area contributed by atoms with E-state index >= 15 is 0 Å². The highest BCUT2D eigenvalue weighted by Gasteiger charge is 2.05. The summed E-state index contributed by atoms with van der Waals surface area (Å²) in [6.45, 7) is 4.60. The second-order valence-corrected chi connectivity index (χ2v) is 6.69. The highest BCUT2D eigenvalue weighted by Crippen LogP contribution is 2.17. The van der Waals surface area contributed by atoms with Crippen molar-refractivity contribution in [2.75, 3.05) is 11.9 Å². The van der Waals surface area contributed by atoms with Crippen LogP contribution in [-0.4, -0.2) is 16.6 Å². The summed E-state index contributed by atoms with van der Waals surface area (Å²) in [5.74, 6) is -0.296. The number of nitrogens with one attached hydrogen (secondary N) is 3. The second kappa shape index (κ2) is 7.66. The Morgan fingerprint density at radius 1 is 1.12 bits per heavy atom. The van der Waals surface area contributed by atoms with Gasteiger partial charge in [0.25, 0.3) is 5.56 Å². The normalized spacial score (nSPS) is 10.7. The predicted molar refractivity (Wildman–Crippen MR) is 108 cm³/mol. The van der Waals surface area contributed by atoms with Crippen LogP contribution in [0.1, 0.15) is 16.7 Å². The van der Waals surface area contributed by atoms with E-state index < -0.39 is 0 Å². The van der Waals surface area contributed by atoms with Crippen LogP contribution in [0.4, 0.5) is 10.1 Å².